The minimum absolute atomic E-state index is 0.119. The van der Waals surface area contributed by atoms with Crippen molar-refractivity contribution in [1.29, 1.82) is 0 Å². The molecule has 0 atom stereocenters. The van der Waals surface area contributed by atoms with E-state index < -0.39 is 5.92 Å². The van der Waals surface area contributed by atoms with Crippen molar-refractivity contribution in [2.45, 2.75) is 31.7 Å². The van der Waals surface area contributed by atoms with Gasteiger partial charge in [0.25, 0.3) is 5.92 Å². The fourth-order valence-electron chi connectivity index (χ4n) is 6.69. The maximum Gasteiger partial charge on any atom is 0.261 e. The van der Waals surface area contributed by atoms with Crippen LogP contribution >= 0.6 is 0 Å². The number of halogens is 3. The number of H-pyrrole nitrogens is 2. The zero-order valence-electron chi connectivity index (χ0n) is 25.6. The minimum atomic E-state index is -2.64. The molecule has 2 aliphatic heterocycles. The van der Waals surface area contributed by atoms with Gasteiger partial charge in [0.15, 0.2) is 5.65 Å². The second kappa shape index (κ2) is 12.1. The number of benzene rings is 1. The molecule has 0 amide bonds. The Bertz CT molecular complexity index is 2070. The van der Waals surface area contributed by atoms with E-state index in [4.69, 9.17) is 4.74 Å². The van der Waals surface area contributed by atoms with Gasteiger partial charge in [0.2, 0.25) is 0 Å². The van der Waals surface area contributed by atoms with Crippen molar-refractivity contribution in [1.82, 2.24) is 39.9 Å². The Labute approximate surface area is 268 Å². The summed E-state index contributed by atoms with van der Waals surface area (Å²) in [5.74, 6) is -2.55. The van der Waals surface area contributed by atoms with Gasteiger partial charge in [0.05, 0.1) is 17.9 Å². The highest BCUT2D eigenvalue weighted by molar-refractivity contribution is 6.00. The molecule has 5 aromatic heterocycles. The summed E-state index contributed by atoms with van der Waals surface area (Å²) in [4.78, 5) is 21.2. The molecule has 9 nitrogen and oxygen atoms in total. The lowest BCUT2D eigenvalue weighted by Crippen LogP contribution is -2.25. The van der Waals surface area contributed by atoms with Crippen LogP contribution in [0.2, 0.25) is 0 Å². The molecular formula is C35H33F3N8O. The van der Waals surface area contributed by atoms with E-state index in [-0.39, 0.29) is 18.8 Å². The molecule has 12 heteroatoms. The first-order valence-electron chi connectivity index (χ1n) is 15.9. The van der Waals surface area contributed by atoms with Gasteiger partial charge < -0.3 is 9.72 Å². The lowest BCUT2D eigenvalue weighted by Gasteiger charge is -2.15. The van der Waals surface area contributed by atoms with Gasteiger partial charge in [-0.05, 0) is 67.9 Å². The average Bonchev–Trinajstić information content (AvgIpc) is 3.87. The third kappa shape index (κ3) is 6.18. The van der Waals surface area contributed by atoms with Gasteiger partial charge in [-0.2, -0.15) is 5.10 Å². The number of hydrogen-bond donors (Lipinski definition) is 2. The van der Waals surface area contributed by atoms with Crippen molar-refractivity contribution in [2.24, 2.45) is 0 Å². The monoisotopic (exact) mass is 638 g/mol. The third-order valence-electron chi connectivity index (χ3n) is 9.02. The van der Waals surface area contributed by atoms with Gasteiger partial charge in [0.1, 0.15) is 23.9 Å². The molecule has 47 heavy (non-hydrogen) atoms. The minimum Gasteiger partial charge on any atom is -0.492 e. The quantitative estimate of drug-likeness (QED) is 0.182. The summed E-state index contributed by atoms with van der Waals surface area (Å²) in [7, 11) is 0. The fraction of sp³-hybridized carbons (Fsp3) is 0.314. The lowest BCUT2D eigenvalue weighted by atomic mass is 10.0. The Morgan fingerprint density at radius 3 is 2.57 bits per heavy atom. The van der Waals surface area contributed by atoms with Crippen LogP contribution in [0.4, 0.5) is 13.2 Å². The summed E-state index contributed by atoms with van der Waals surface area (Å²) < 4.78 is 48.2. The van der Waals surface area contributed by atoms with Crippen molar-refractivity contribution < 1.29 is 17.9 Å². The summed E-state index contributed by atoms with van der Waals surface area (Å²) in [6, 6.07) is 12.5. The molecule has 0 saturated carbocycles. The molecule has 240 valence electrons. The number of ether oxygens (including phenoxy) is 1. The van der Waals surface area contributed by atoms with E-state index in [2.05, 4.69) is 35.0 Å². The number of hydrogen-bond acceptors (Lipinski definition) is 7. The second-order valence-corrected chi connectivity index (χ2v) is 12.5. The Hall–Kier alpha value is -4.81. The van der Waals surface area contributed by atoms with Gasteiger partial charge in [-0.1, -0.05) is 0 Å². The number of fused-ring (bicyclic) bond motifs is 2. The maximum atomic E-state index is 14.8. The van der Waals surface area contributed by atoms with Crippen LogP contribution in [0.15, 0.2) is 67.3 Å². The molecule has 0 radical (unpaired) electrons. The van der Waals surface area contributed by atoms with Gasteiger partial charge >= 0.3 is 0 Å². The van der Waals surface area contributed by atoms with Crippen molar-refractivity contribution in [3.8, 4) is 39.5 Å². The predicted molar refractivity (Wildman–Crippen MR) is 174 cm³/mol. The molecule has 0 bridgehead atoms. The largest absolute Gasteiger partial charge is 0.492 e. The number of nitrogens with one attached hydrogen (secondary N) is 2. The van der Waals surface area contributed by atoms with Gasteiger partial charge in [-0.25, -0.2) is 18.2 Å². The second-order valence-electron chi connectivity index (χ2n) is 12.5. The summed E-state index contributed by atoms with van der Waals surface area (Å²) in [6.45, 7) is 4.00. The maximum absolute atomic E-state index is 14.8. The van der Waals surface area contributed by atoms with E-state index in [0.29, 0.717) is 48.0 Å². The lowest BCUT2D eigenvalue weighted by molar-refractivity contribution is 0.0115. The summed E-state index contributed by atoms with van der Waals surface area (Å²) in [5.41, 5.74) is 6.65. The molecule has 1 aromatic carbocycles. The van der Waals surface area contributed by atoms with Crippen LogP contribution in [-0.4, -0.2) is 85.2 Å². The van der Waals surface area contributed by atoms with Crippen molar-refractivity contribution in [3.63, 3.8) is 0 Å². The number of likely N-dealkylation sites (tertiary alicyclic amines) is 2. The van der Waals surface area contributed by atoms with Crippen LogP contribution in [0, 0.1) is 5.82 Å². The Kier molecular flexibility index (Phi) is 7.61. The number of aromatic nitrogens is 6. The number of aromatic amines is 2. The van der Waals surface area contributed by atoms with Crippen molar-refractivity contribution >= 4 is 21.9 Å². The predicted octanol–water partition coefficient (Wildman–Crippen LogP) is 6.68. The van der Waals surface area contributed by atoms with Gasteiger partial charge in [0, 0.05) is 89.9 Å². The fourth-order valence-corrected chi connectivity index (χ4v) is 6.69. The molecule has 8 rings (SSSR count). The van der Waals surface area contributed by atoms with Crippen LogP contribution in [0.1, 0.15) is 24.8 Å². The van der Waals surface area contributed by atoms with Gasteiger partial charge in [-0.15, -0.1) is 0 Å². The smallest absolute Gasteiger partial charge is 0.261 e. The first-order valence-corrected chi connectivity index (χ1v) is 15.9. The zero-order chi connectivity index (χ0) is 32.0. The van der Waals surface area contributed by atoms with Crippen molar-refractivity contribution in [3.05, 3.63) is 78.6 Å². The number of nitrogens with zero attached hydrogens (tertiary/aromatic N) is 6. The standard InChI is InChI=1S/C35H33F3N8O/c36-26-12-23(13-27(15-26)47-10-9-45-6-1-2-7-45)32-28-16-31(42-30(28)3-5-40-32)33-29-14-25(19-41-34(29)44-43-33)24-11-22(17-39-18-24)20-46-8-4-35(37,38)21-46/h3,5,11-19,42H,1-2,4,6-10,20-21H2,(H,41,43,44). The van der Waals surface area contributed by atoms with Gasteiger partial charge in [-0.3, -0.25) is 24.9 Å². The van der Waals surface area contributed by atoms with Crippen LogP contribution in [0.5, 0.6) is 5.75 Å². The number of alkyl halides is 2. The van der Waals surface area contributed by atoms with Crippen LogP contribution in [0.3, 0.4) is 0 Å². The summed E-state index contributed by atoms with van der Waals surface area (Å²) in [5, 5.41) is 9.21. The molecule has 7 heterocycles. The Morgan fingerprint density at radius 2 is 1.72 bits per heavy atom. The van der Waals surface area contributed by atoms with Crippen LogP contribution in [-0.2, 0) is 6.54 Å². The van der Waals surface area contributed by atoms with E-state index in [0.717, 1.165) is 58.3 Å². The van der Waals surface area contributed by atoms with Crippen LogP contribution < -0.4 is 4.74 Å². The van der Waals surface area contributed by atoms with Crippen molar-refractivity contribution in [2.75, 3.05) is 39.3 Å². The highest BCUT2D eigenvalue weighted by Crippen LogP contribution is 2.35. The van der Waals surface area contributed by atoms with E-state index in [1.807, 2.05) is 30.3 Å². The first kappa shape index (κ1) is 29.6. The topological polar surface area (TPSA) is 98.8 Å². The molecule has 0 aliphatic carbocycles. The SMILES string of the molecule is Fc1cc(OCCN2CCCC2)cc(-c2nccc3[nH]c(-c4n[nH]c5ncc(-c6cncc(CN7CCC(F)(F)C7)c6)cc45)cc23)c1. The van der Waals surface area contributed by atoms with E-state index in [9.17, 15) is 13.2 Å². The molecule has 2 fully saturated rings. The summed E-state index contributed by atoms with van der Waals surface area (Å²) in [6.07, 6.45) is 9.21. The zero-order valence-corrected chi connectivity index (χ0v) is 25.6. The molecular weight excluding hydrogens is 605 g/mol. The highest BCUT2D eigenvalue weighted by Gasteiger charge is 2.38. The normalized spacial score (nSPS) is 16.9. The molecule has 2 N–H and O–H groups in total. The molecule has 0 unspecified atom stereocenters. The first-order chi connectivity index (χ1) is 22.9. The van der Waals surface area contributed by atoms with E-state index in [1.165, 1.54) is 25.0 Å². The molecule has 2 saturated heterocycles. The highest BCUT2D eigenvalue weighted by atomic mass is 19.3. The Balaban J connectivity index is 1.08. The van der Waals surface area contributed by atoms with E-state index >= 15 is 0 Å². The Morgan fingerprint density at radius 1 is 0.851 bits per heavy atom. The molecule has 6 aromatic rings. The van der Waals surface area contributed by atoms with E-state index in [1.54, 1.807) is 29.7 Å². The average molecular weight is 639 g/mol. The molecule has 2 aliphatic rings. The van der Waals surface area contributed by atoms with Crippen LogP contribution in [0.25, 0.3) is 55.7 Å². The third-order valence-corrected chi connectivity index (χ3v) is 9.02. The molecule has 0 spiro atoms. The number of rotatable bonds is 9. The number of pyridine rings is 3. The summed E-state index contributed by atoms with van der Waals surface area (Å²) >= 11 is 0.